The van der Waals surface area contributed by atoms with Gasteiger partial charge in [0.15, 0.2) is 0 Å². The van der Waals surface area contributed by atoms with Gasteiger partial charge in [-0.15, -0.1) is 0 Å². The molecule has 0 saturated carbocycles. The maximum absolute atomic E-state index is 3.47. The molecule has 0 heterocycles. The van der Waals surface area contributed by atoms with Crippen molar-refractivity contribution in [2.45, 2.75) is 39.0 Å². The lowest BCUT2D eigenvalue weighted by molar-refractivity contribution is 0.394. The van der Waals surface area contributed by atoms with Crippen molar-refractivity contribution in [3.05, 3.63) is 0 Å². The molecule has 0 aliphatic rings. The molecular weight excluding hydrogens is 160 g/mol. The SMILES string of the molecule is CCCCCCNCCCN(C)C. The maximum Gasteiger partial charge on any atom is -0.00127 e. The van der Waals surface area contributed by atoms with Crippen LogP contribution in [0.2, 0.25) is 0 Å². The summed E-state index contributed by atoms with van der Waals surface area (Å²) in [7, 11) is 4.25. The van der Waals surface area contributed by atoms with E-state index in [-0.39, 0.29) is 0 Å². The van der Waals surface area contributed by atoms with Crippen LogP contribution >= 0.6 is 0 Å². The molecule has 2 nitrogen and oxygen atoms in total. The van der Waals surface area contributed by atoms with E-state index in [1.807, 2.05) is 0 Å². The Labute approximate surface area is 83.7 Å². The molecule has 0 radical (unpaired) electrons. The van der Waals surface area contributed by atoms with Gasteiger partial charge in [-0.2, -0.15) is 0 Å². The highest BCUT2D eigenvalue weighted by Gasteiger charge is 1.90. The van der Waals surface area contributed by atoms with E-state index in [0.717, 1.165) is 0 Å². The molecule has 0 aromatic rings. The van der Waals surface area contributed by atoms with Gasteiger partial charge in [-0.05, 0) is 46.6 Å². The number of nitrogens with one attached hydrogen (secondary N) is 1. The highest BCUT2D eigenvalue weighted by atomic mass is 15.0. The number of unbranched alkanes of at least 4 members (excludes halogenated alkanes) is 3. The van der Waals surface area contributed by atoms with Gasteiger partial charge in [-0.3, -0.25) is 0 Å². The summed E-state index contributed by atoms with van der Waals surface area (Å²) in [5, 5.41) is 3.47. The van der Waals surface area contributed by atoms with Crippen LogP contribution in [0.4, 0.5) is 0 Å². The van der Waals surface area contributed by atoms with Crippen molar-refractivity contribution in [2.24, 2.45) is 0 Å². The Hall–Kier alpha value is -0.0800. The van der Waals surface area contributed by atoms with Crippen LogP contribution < -0.4 is 5.32 Å². The van der Waals surface area contributed by atoms with Gasteiger partial charge in [-0.25, -0.2) is 0 Å². The van der Waals surface area contributed by atoms with Crippen LogP contribution in [0.3, 0.4) is 0 Å². The average Bonchev–Trinajstić information content (AvgIpc) is 2.09. The molecule has 80 valence electrons. The van der Waals surface area contributed by atoms with E-state index in [4.69, 9.17) is 0 Å². The third kappa shape index (κ3) is 11.9. The van der Waals surface area contributed by atoms with E-state index >= 15 is 0 Å². The summed E-state index contributed by atoms with van der Waals surface area (Å²) < 4.78 is 0. The van der Waals surface area contributed by atoms with Gasteiger partial charge < -0.3 is 10.2 Å². The lowest BCUT2D eigenvalue weighted by Gasteiger charge is -2.09. The lowest BCUT2D eigenvalue weighted by Crippen LogP contribution is -2.22. The van der Waals surface area contributed by atoms with Crippen LogP contribution in [0.15, 0.2) is 0 Å². The summed E-state index contributed by atoms with van der Waals surface area (Å²) in [5.41, 5.74) is 0. The molecule has 0 saturated heterocycles. The standard InChI is InChI=1S/C11H26N2/c1-4-5-6-7-9-12-10-8-11-13(2)3/h12H,4-11H2,1-3H3. The molecule has 0 rings (SSSR count). The fourth-order valence-electron chi connectivity index (χ4n) is 1.32. The summed E-state index contributed by atoms with van der Waals surface area (Å²) >= 11 is 0. The minimum absolute atomic E-state index is 1.17. The second kappa shape index (κ2) is 10.0. The first-order valence-electron chi connectivity index (χ1n) is 5.62. The van der Waals surface area contributed by atoms with Crippen LogP contribution in [0.25, 0.3) is 0 Å². The Bertz CT molecular complexity index is 92.1. The predicted octanol–water partition coefficient (Wildman–Crippen LogP) is 2.11. The van der Waals surface area contributed by atoms with E-state index in [2.05, 4.69) is 31.2 Å². The third-order valence-corrected chi connectivity index (χ3v) is 2.17. The Balaban J connectivity index is 2.84. The predicted molar refractivity (Wildman–Crippen MR) is 60.2 cm³/mol. The molecule has 0 aromatic heterocycles. The quantitative estimate of drug-likeness (QED) is 0.555. The van der Waals surface area contributed by atoms with Crippen molar-refractivity contribution < 1.29 is 0 Å². The van der Waals surface area contributed by atoms with E-state index in [1.165, 1.54) is 51.7 Å². The highest BCUT2D eigenvalue weighted by molar-refractivity contribution is 4.51. The zero-order valence-corrected chi connectivity index (χ0v) is 9.60. The number of hydrogen-bond donors (Lipinski definition) is 1. The molecular formula is C11H26N2. The molecule has 0 atom stereocenters. The molecule has 0 aromatic carbocycles. The van der Waals surface area contributed by atoms with Crippen molar-refractivity contribution in [3.8, 4) is 0 Å². The van der Waals surface area contributed by atoms with Crippen molar-refractivity contribution in [3.63, 3.8) is 0 Å². The summed E-state index contributed by atoms with van der Waals surface area (Å²) in [6.07, 6.45) is 6.72. The molecule has 0 aliphatic heterocycles. The van der Waals surface area contributed by atoms with E-state index in [0.29, 0.717) is 0 Å². The van der Waals surface area contributed by atoms with Crippen LogP contribution in [-0.4, -0.2) is 38.6 Å². The number of nitrogens with zero attached hydrogens (tertiary/aromatic N) is 1. The zero-order chi connectivity index (χ0) is 9.94. The van der Waals surface area contributed by atoms with Crippen molar-refractivity contribution in [1.29, 1.82) is 0 Å². The van der Waals surface area contributed by atoms with Gasteiger partial charge in [0.2, 0.25) is 0 Å². The first-order chi connectivity index (χ1) is 6.27. The fourth-order valence-corrected chi connectivity index (χ4v) is 1.32. The van der Waals surface area contributed by atoms with Gasteiger partial charge in [0, 0.05) is 0 Å². The van der Waals surface area contributed by atoms with Crippen molar-refractivity contribution >= 4 is 0 Å². The molecule has 1 N–H and O–H groups in total. The molecule has 0 aliphatic carbocycles. The van der Waals surface area contributed by atoms with Crippen LogP contribution in [0.5, 0.6) is 0 Å². The molecule has 0 fully saturated rings. The monoisotopic (exact) mass is 186 g/mol. The maximum atomic E-state index is 3.47. The molecule has 2 heteroatoms. The normalized spacial score (nSPS) is 11.1. The highest BCUT2D eigenvalue weighted by Crippen LogP contribution is 1.96. The Morgan fingerprint density at radius 3 is 2.23 bits per heavy atom. The van der Waals surface area contributed by atoms with E-state index < -0.39 is 0 Å². The molecule has 0 spiro atoms. The van der Waals surface area contributed by atoms with E-state index in [9.17, 15) is 0 Å². The number of hydrogen-bond acceptors (Lipinski definition) is 2. The first-order valence-corrected chi connectivity index (χ1v) is 5.62. The van der Waals surface area contributed by atoms with Gasteiger partial charge in [0.25, 0.3) is 0 Å². The van der Waals surface area contributed by atoms with Crippen molar-refractivity contribution in [1.82, 2.24) is 10.2 Å². The van der Waals surface area contributed by atoms with Crippen molar-refractivity contribution in [2.75, 3.05) is 33.7 Å². The Kier molecular flexibility index (Phi) is 9.94. The summed E-state index contributed by atoms with van der Waals surface area (Å²) in [4.78, 5) is 2.23. The van der Waals surface area contributed by atoms with Gasteiger partial charge in [0.05, 0.1) is 0 Å². The lowest BCUT2D eigenvalue weighted by atomic mass is 10.2. The first kappa shape index (κ1) is 12.9. The fraction of sp³-hybridized carbons (Fsp3) is 1.00. The average molecular weight is 186 g/mol. The van der Waals surface area contributed by atoms with Crippen LogP contribution in [-0.2, 0) is 0 Å². The molecule has 0 amide bonds. The summed E-state index contributed by atoms with van der Waals surface area (Å²) in [5.74, 6) is 0. The molecule has 0 unspecified atom stereocenters. The van der Waals surface area contributed by atoms with Crippen LogP contribution in [0.1, 0.15) is 39.0 Å². The smallest absolute Gasteiger partial charge is 0.00127 e. The minimum atomic E-state index is 1.17. The van der Waals surface area contributed by atoms with Crippen LogP contribution in [0, 0.1) is 0 Å². The van der Waals surface area contributed by atoms with E-state index in [1.54, 1.807) is 0 Å². The van der Waals surface area contributed by atoms with Gasteiger partial charge in [0.1, 0.15) is 0 Å². The second-order valence-corrected chi connectivity index (χ2v) is 3.97. The third-order valence-electron chi connectivity index (χ3n) is 2.17. The summed E-state index contributed by atoms with van der Waals surface area (Å²) in [6, 6.07) is 0. The second-order valence-electron chi connectivity index (χ2n) is 3.97. The summed E-state index contributed by atoms with van der Waals surface area (Å²) in [6.45, 7) is 5.82. The Morgan fingerprint density at radius 2 is 1.62 bits per heavy atom. The molecule has 0 bridgehead atoms. The number of rotatable bonds is 9. The Morgan fingerprint density at radius 1 is 0.923 bits per heavy atom. The topological polar surface area (TPSA) is 15.3 Å². The van der Waals surface area contributed by atoms with Gasteiger partial charge >= 0.3 is 0 Å². The molecule has 13 heavy (non-hydrogen) atoms. The minimum Gasteiger partial charge on any atom is -0.317 e. The zero-order valence-electron chi connectivity index (χ0n) is 9.60. The largest absolute Gasteiger partial charge is 0.317 e. The van der Waals surface area contributed by atoms with Gasteiger partial charge in [-0.1, -0.05) is 26.2 Å².